The van der Waals surface area contributed by atoms with E-state index in [9.17, 15) is 9.59 Å². The van der Waals surface area contributed by atoms with Crippen molar-refractivity contribution in [3.8, 4) is 0 Å². The lowest BCUT2D eigenvalue weighted by molar-refractivity contribution is -0.147. The lowest BCUT2D eigenvalue weighted by atomic mass is 10.3. The van der Waals surface area contributed by atoms with Crippen LogP contribution in [0.4, 0.5) is 4.79 Å². The van der Waals surface area contributed by atoms with E-state index < -0.39 is 0 Å². The molecular formula is C13H19N3O3. The number of nitrogens with zero attached hydrogens (tertiary/aromatic N) is 1. The zero-order valence-corrected chi connectivity index (χ0v) is 11.2. The zero-order chi connectivity index (χ0) is 14.1. The molecule has 19 heavy (non-hydrogen) atoms. The number of hydrogen-bond acceptors (Lipinski definition) is 4. The van der Waals surface area contributed by atoms with Crippen molar-refractivity contribution in [1.82, 2.24) is 15.6 Å². The lowest BCUT2D eigenvalue weighted by Gasteiger charge is -2.09. The summed E-state index contributed by atoms with van der Waals surface area (Å²) in [5, 5.41) is 5.23. The highest BCUT2D eigenvalue weighted by Gasteiger charge is 2.06. The maximum Gasteiger partial charge on any atom is 0.315 e. The summed E-state index contributed by atoms with van der Waals surface area (Å²) in [5.41, 5.74) is 0.775. The van der Waals surface area contributed by atoms with Gasteiger partial charge in [0.25, 0.3) is 0 Å². The van der Waals surface area contributed by atoms with Crippen LogP contribution in [0.5, 0.6) is 0 Å². The predicted octanol–water partition coefficient (Wildman–Crippen LogP) is 1.22. The van der Waals surface area contributed by atoms with Crippen LogP contribution in [0, 0.1) is 0 Å². The van der Waals surface area contributed by atoms with Gasteiger partial charge in [-0.3, -0.25) is 9.78 Å². The Labute approximate surface area is 112 Å². The van der Waals surface area contributed by atoms with Gasteiger partial charge in [-0.15, -0.1) is 0 Å². The number of hydrogen-bond donors (Lipinski definition) is 2. The fraction of sp³-hybridized carbons (Fsp3) is 0.462. The van der Waals surface area contributed by atoms with E-state index in [0.717, 1.165) is 5.69 Å². The molecule has 1 aromatic heterocycles. The highest BCUT2D eigenvalue weighted by molar-refractivity contribution is 5.75. The molecule has 0 aromatic carbocycles. The first-order chi connectivity index (χ1) is 9.08. The summed E-state index contributed by atoms with van der Waals surface area (Å²) >= 11 is 0. The Morgan fingerprint density at radius 2 is 2.11 bits per heavy atom. The van der Waals surface area contributed by atoms with Crippen molar-refractivity contribution in [2.75, 3.05) is 6.54 Å². The molecule has 104 valence electrons. The second-order valence-corrected chi connectivity index (χ2v) is 4.22. The number of esters is 1. The van der Waals surface area contributed by atoms with Gasteiger partial charge in [-0.25, -0.2) is 4.79 Å². The molecule has 1 aromatic rings. The van der Waals surface area contributed by atoms with Crippen molar-refractivity contribution in [2.45, 2.75) is 32.9 Å². The van der Waals surface area contributed by atoms with Gasteiger partial charge in [0.05, 0.1) is 24.8 Å². The van der Waals surface area contributed by atoms with E-state index in [-0.39, 0.29) is 31.1 Å². The molecule has 0 radical (unpaired) electrons. The lowest BCUT2D eigenvalue weighted by Crippen LogP contribution is -2.36. The summed E-state index contributed by atoms with van der Waals surface area (Å²) < 4.78 is 4.94. The molecule has 0 spiro atoms. The van der Waals surface area contributed by atoms with Crippen LogP contribution >= 0.6 is 0 Å². The van der Waals surface area contributed by atoms with Crippen LogP contribution in [0.15, 0.2) is 24.4 Å². The minimum absolute atomic E-state index is 0.134. The van der Waals surface area contributed by atoms with Crippen LogP contribution in [-0.4, -0.2) is 29.6 Å². The van der Waals surface area contributed by atoms with Crippen molar-refractivity contribution in [2.24, 2.45) is 0 Å². The third-order valence-electron chi connectivity index (χ3n) is 2.14. The zero-order valence-electron chi connectivity index (χ0n) is 11.2. The summed E-state index contributed by atoms with van der Waals surface area (Å²) in [7, 11) is 0. The molecule has 2 amide bonds. The van der Waals surface area contributed by atoms with Crippen LogP contribution in [0.2, 0.25) is 0 Å². The van der Waals surface area contributed by atoms with Crippen molar-refractivity contribution >= 4 is 12.0 Å². The number of ether oxygens (including phenoxy) is 1. The number of rotatable bonds is 6. The van der Waals surface area contributed by atoms with Crippen molar-refractivity contribution in [3.63, 3.8) is 0 Å². The first-order valence-corrected chi connectivity index (χ1v) is 6.19. The number of amides is 2. The molecule has 0 unspecified atom stereocenters. The second kappa shape index (κ2) is 8.07. The average molecular weight is 265 g/mol. The number of carbonyl (C=O) groups is 2. The monoisotopic (exact) mass is 265 g/mol. The van der Waals surface area contributed by atoms with Crippen molar-refractivity contribution in [1.29, 1.82) is 0 Å². The van der Waals surface area contributed by atoms with E-state index in [1.165, 1.54) is 0 Å². The van der Waals surface area contributed by atoms with Gasteiger partial charge in [-0.05, 0) is 26.0 Å². The first-order valence-electron chi connectivity index (χ1n) is 6.19. The summed E-state index contributed by atoms with van der Waals surface area (Å²) in [6.07, 6.45) is 1.69. The van der Waals surface area contributed by atoms with Crippen LogP contribution in [0.1, 0.15) is 26.0 Å². The van der Waals surface area contributed by atoms with Gasteiger partial charge in [0, 0.05) is 12.7 Å². The minimum Gasteiger partial charge on any atom is -0.463 e. The number of pyridine rings is 1. The van der Waals surface area contributed by atoms with Crippen LogP contribution < -0.4 is 10.6 Å². The molecule has 0 aliphatic carbocycles. The molecule has 6 nitrogen and oxygen atoms in total. The molecule has 1 rings (SSSR count). The Balaban J connectivity index is 2.13. The quantitative estimate of drug-likeness (QED) is 0.758. The third-order valence-corrected chi connectivity index (χ3v) is 2.14. The smallest absolute Gasteiger partial charge is 0.315 e. The Hall–Kier alpha value is -2.11. The fourth-order valence-electron chi connectivity index (χ4n) is 1.34. The SMILES string of the molecule is CC(C)OC(=O)CCNC(=O)NCc1ccccn1. The van der Waals surface area contributed by atoms with Gasteiger partial charge in [-0.1, -0.05) is 6.07 Å². The maximum absolute atomic E-state index is 11.4. The molecule has 0 bridgehead atoms. The van der Waals surface area contributed by atoms with Gasteiger partial charge in [0.2, 0.25) is 0 Å². The van der Waals surface area contributed by atoms with Crippen molar-refractivity contribution < 1.29 is 14.3 Å². The van der Waals surface area contributed by atoms with E-state index in [1.807, 2.05) is 18.2 Å². The summed E-state index contributed by atoms with van der Waals surface area (Å²) in [4.78, 5) is 26.7. The number of nitrogens with one attached hydrogen (secondary N) is 2. The van der Waals surface area contributed by atoms with E-state index in [2.05, 4.69) is 15.6 Å². The molecule has 0 aliphatic rings. The summed E-state index contributed by atoms with van der Waals surface area (Å²) in [6, 6.07) is 5.15. The normalized spacial score (nSPS) is 10.1. The number of aromatic nitrogens is 1. The molecule has 0 aliphatic heterocycles. The molecule has 2 N–H and O–H groups in total. The Kier molecular flexibility index (Phi) is 6.35. The maximum atomic E-state index is 11.4. The van der Waals surface area contributed by atoms with Gasteiger partial charge < -0.3 is 15.4 Å². The standard InChI is InChI=1S/C13H19N3O3/c1-10(2)19-12(17)6-8-15-13(18)16-9-11-5-3-4-7-14-11/h3-5,7,10H,6,8-9H2,1-2H3,(H2,15,16,18). The molecule has 0 saturated heterocycles. The summed E-state index contributed by atoms with van der Waals surface area (Å²) in [6.45, 7) is 4.17. The molecule has 6 heteroatoms. The fourth-order valence-corrected chi connectivity index (χ4v) is 1.34. The Morgan fingerprint density at radius 1 is 1.32 bits per heavy atom. The van der Waals surface area contributed by atoms with Gasteiger partial charge >= 0.3 is 12.0 Å². The topological polar surface area (TPSA) is 80.3 Å². The molecule has 1 heterocycles. The van der Waals surface area contributed by atoms with Crippen LogP contribution in [-0.2, 0) is 16.1 Å². The third kappa shape index (κ3) is 7.03. The molecule has 0 saturated carbocycles. The Morgan fingerprint density at radius 3 is 2.74 bits per heavy atom. The average Bonchev–Trinajstić information content (AvgIpc) is 2.36. The van der Waals surface area contributed by atoms with E-state index in [4.69, 9.17) is 4.74 Å². The predicted molar refractivity (Wildman–Crippen MR) is 70.3 cm³/mol. The molecule has 0 atom stereocenters. The van der Waals surface area contributed by atoms with Crippen molar-refractivity contribution in [3.05, 3.63) is 30.1 Å². The first kappa shape index (κ1) is 14.9. The highest BCUT2D eigenvalue weighted by atomic mass is 16.5. The minimum atomic E-state index is -0.331. The van der Waals surface area contributed by atoms with Gasteiger partial charge in [0.1, 0.15) is 0 Å². The van der Waals surface area contributed by atoms with Crippen LogP contribution in [0.3, 0.4) is 0 Å². The van der Waals surface area contributed by atoms with Gasteiger partial charge in [0.15, 0.2) is 0 Å². The number of urea groups is 1. The van der Waals surface area contributed by atoms with E-state index >= 15 is 0 Å². The van der Waals surface area contributed by atoms with Gasteiger partial charge in [-0.2, -0.15) is 0 Å². The largest absolute Gasteiger partial charge is 0.463 e. The molecular weight excluding hydrogens is 246 g/mol. The van der Waals surface area contributed by atoms with E-state index in [1.54, 1.807) is 20.0 Å². The summed E-state index contributed by atoms with van der Waals surface area (Å²) in [5.74, 6) is -0.319. The van der Waals surface area contributed by atoms with Crippen LogP contribution in [0.25, 0.3) is 0 Å². The molecule has 0 fully saturated rings. The number of carbonyl (C=O) groups excluding carboxylic acids is 2. The second-order valence-electron chi connectivity index (χ2n) is 4.22. The highest BCUT2D eigenvalue weighted by Crippen LogP contribution is 1.93. The Bertz CT molecular complexity index is 407. The van der Waals surface area contributed by atoms with E-state index in [0.29, 0.717) is 6.54 Å².